The molecular formula is C17H24N6OS. The highest BCUT2D eigenvalue weighted by atomic mass is 32.1. The minimum Gasteiger partial charge on any atom is -0.358 e. The van der Waals surface area contributed by atoms with Crippen LogP contribution in [0.3, 0.4) is 0 Å². The first-order valence-corrected chi connectivity index (χ1v) is 9.33. The van der Waals surface area contributed by atoms with Crippen LogP contribution in [0.5, 0.6) is 0 Å². The predicted octanol–water partition coefficient (Wildman–Crippen LogP) is 2.22. The molecule has 0 saturated carbocycles. The molecule has 0 radical (unpaired) electrons. The zero-order valence-electron chi connectivity index (χ0n) is 14.9. The first-order chi connectivity index (χ1) is 12.1. The van der Waals surface area contributed by atoms with Crippen molar-refractivity contribution in [2.75, 3.05) is 32.0 Å². The lowest BCUT2D eigenvalue weighted by Gasteiger charge is -2.32. The third kappa shape index (κ3) is 4.32. The highest BCUT2D eigenvalue weighted by Crippen LogP contribution is 2.32. The van der Waals surface area contributed by atoms with E-state index in [1.54, 1.807) is 30.8 Å². The van der Waals surface area contributed by atoms with Gasteiger partial charge in [0.15, 0.2) is 10.9 Å². The van der Waals surface area contributed by atoms with Crippen molar-refractivity contribution in [3.05, 3.63) is 28.7 Å². The Morgan fingerprint density at radius 3 is 2.88 bits per heavy atom. The van der Waals surface area contributed by atoms with Crippen LogP contribution in [-0.4, -0.2) is 52.4 Å². The van der Waals surface area contributed by atoms with Gasteiger partial charge in [-0.3, -0.25) is 14.7 Å². The average molecular weight is 360 g/mol. The smallest absolute Gasteiger partial charge is 0.233 e. The molecule has 2 N–H and O–H groups in total. The number of carbonyl (C=O) groups is 1. The van der Waals surface area contributed by atoms with E-state index in [0.29, 0.717) is 6.54 Å². The van der Waals surface area contributed by atoms with E-state index in [-0.39, 0.29) is 11.8 Å². The second-order valence-corrected chi connectivity index (χ2v) is 7.53. The number of thiazole rings is 1. The largest absolute Gasteiger partial charge is 0.358 e. The van der Waals surface area contributed by atoms with Crippen LogP contribution in [0.25, 0.3) is 0 Å². The summed E-state index contributed by atoms with van der Waals surface area (Å²) in [5.41, 5.74) is 1.99. The first kappa shape index (κ1) is 17.8. The van der Waals surface area contributed by atoms with Crippen LogP contribution in [0.1, 0.15) is 35.0 Å². The van der Waals surface area contributed by atoms with E-state index in [9.17, 15) is 4.79 Å². The maximum Gasteiger partial charge on any atom is 0.233 e. The first-order valence-electron chi connectivity index (χ1n) is 8.51. The molecular weight excluding hydrogens is 336 g/mol. The molecule has 3 heterocycles. The van der Waals surface area contributed by atoms with Gasteiger partial charge in [0, 0.05) is 36.8 Å². The summed E-state index contributed by atoms with van der Waals surface area (Å²) in [6.45, 7) is 6.26. The molecule has 1 saturated heterocycles. The fraction of sp³-hybridized carbons (Fsp3) is 0.529. The number of nitrogens with zero attached hydrogens (tertiary/aromatic N) is 4. The normalized spacial score (nSPS) is 18.1. The molecule has 7 nitrogen and oxygen atoms in total. The second kappa shape index (κ2) is 7.88. The maximum atomic E-state index is 11.7. The molecule has 8 heteroatoms. The topological polar surface area (TPSA) is 83.0 Å². The van der Waals surface area contributed by atoms with Gasteiger partial charge in [-0.05, 0) is 33.2 Å². The minimum absolute atomic E-state index is 0.0480. The van der Waals surface area contributed by atoms with Gasteiger partial charge in [0.2, 0.25) is 5.91 Å². The van der Waals surface area contributed by atoms with E-state index in [2.05, 4.69) is 37.4 Å². The summed E-state index contributed by atoms with van der Waals surface area (Å²) in [5, 5.41) is 6.87. The van der Waals surface area contributed by atoms with Crippen LogP contribution in [0, 0.1) is 13.8 Å². The number of nitrogens with one attached hydrogen (secondary N) is 2. The minimum atomic E-state index is 0.0480. The number of carbonyl (C=O) groups excluding carboxylic acids is 1. The third-order valence-electron chi connectivity index (χ3n) is 4.52. The molecule has 1 aliphatic rings. The van der Waals surface area contributed by atoms with Crippen molar-refractivity contribution in [2.45, 2.75) is 32.6 Å². The van der Waals surface area contributed by atoms with Gasteiger partial charge in [0.25, 0.3) is 0 Å². The summed E-state index contributed by atoms with van der Waals surface area (Å²) < 4.78 is 0. The summed E-state index contributed by atoms with van der Waals surface area (Å²) in [7, 11) is 1.67. The van der Waals surface area contributed by atoms with Gasteiger partial charge in [-0.15, -0.1) is 11.3 Å². The van der Waals surface area contributed by atoms with Gasteiger partial charge in [-0.1, -0.05) is 0 Å². The number of piperidine rings is 1. The van der Waals surface area contributed by atoms with E-state index in [1.807, 2.05) is 6.92 Å². The average Bonchev–Trinajstić information content (AvgIpc) is 2.93. The predicted molar refractivity (Wildman–Crippen MR) is 99.4 cm³/mol. The highest BCUT2D eigenvalue weighted by Gasteiger charge is 2.26. The summed E-state index contributed by atoms with van der Waals surface area (Å²) in [5.74, 6) is 1.08. The molecule has 0 bridgehead atoms. The molecule has 3 rings (SSSR count). The van der Waals surface area contributed by atoms with Crippen molar-refractivity contribution < 1.29 is 4.79 Å². The molecule has 1 aliphatic heterocycles. The number of amides is 1. The van der Waals surface area contributed by atoms with E-state index in [4.69, 9.17) is 0 Å². The lowest BCUT2D eigenvalue weighted by molar-refractivity contribution is -0.122. The number of hydrogen-bond acceptors (Lipinski definition) is 7. The maximum absolute atomic E-state index is 11.7. The molecule has 0 spiro atoms. The Hall–Kier alpha value is -2.06. The summed E-state index contributed by atoms with van der Waals surface area (Å²) in [4.78, 5) is 28.7. The Kier molecular flexibility index (Phi) is 5.60. The van der Waals surface area contributed by atoms with E-state index in [0.717, 1.165) is 48.3 Å². The molecule has 0 aromatic carbocycles. The van der Waals surface area contributed by atoms with Crippen molar-refractivity contribution in [3.63, 3.8) is 0 Å². The fourth-order valence-corrected chi connectivity index (χ4v) is 3.89. The molecule has 134 valence electrons. The van der Waals surface area contributed by atoms with E-state index in [1.165, 1.54) is 4.88 Å². The Balaban J connectivity index is 1.76. The van der Waals surface area contributed by atoms with Crippen LogP contribution in [-0.2, 0) is 4.79 Å². The summed E-state index contributed by atoms with van der Waals surface area (Å²) in [6.07, 6.45) is 5.53. The molecule has 1 unspecified atom stereocenters. The molecule has 25 heavy (non-hydrogen) atoms. The van der Waals surface area contributed by atoms with Crippen LogP contribution in [0.2, 0.25) is 0 Å². The number of likely N-dealkylation sites (N-methyl/N-ethyl adjacent to an activating group) is 1. The van der Waals surface area contributed by atoms with Gasteiger partial charge < -0.3 is 10.6 Å². The quantitative estimate of drug-likeness (QED) is 0.851. The summed E-state index contributed by atoms with van der Waals surface area (Å²) in [6, 6.07) is 0. The number of hydrogen-bond donors (Lipinski definition) is 2. The Morgan fingerprint density at radius 2 is 2.16 bits per heavy atom. The highest BCUT2D eigenvalue weighted by molar-refractivity contribution is 7.15. The number of anilines is 2. The van der Waals surface area contributed by atoms with E-state index < -0.39 is 0 Å². The molecule has 1 amide bonds. The lowest BCUT2D eigenvalue weighted by Crippen LogP contribution is -2.41. The third-order valence-corrected chi connectivity index (χ3v) is 5.51. The van der Waals surface area contributed by atoms with Crippen molar-refractivity contribution in [2.24, 2.45) is 0 Å². The monoisotopic (exact) mass is 360 g/mol. The van der Waals surface area contributed by atoms with Crippen molar-refractivity contribution in [3.8, 4) is 0 Å². The summed E-state index contributed by atoms with van der Waals surface area (Å²) >= 11 is 1.62. The molecule has 0 aliphatic carbocycles. The van der Waals surface area contributed by atoms with Crippen LogP contribution in [0.15, 0.2) is 12.4 Å². The van der Waals surface area contributed by atoms with E-state index >= 15 is 0 Å². The van der Waals surface area contributed by atoms with Crippen molar-refractivity contribution in [1.29, 1.82) is 0 Å². The van der Waals surface area contributed by atoms with Crippen LogP contribution < -0.4 is 10.6 Å². The number of rotatable bonds is 5. The second-order valence-electron chi connectivity index (χ2n) is 6.32. The molecule has 2 aromatic rings. The number of likely N-dealkylation sites (tertiary alicyclic amines) is 1. The fourth-order valence-electron chi connectivity index (χ4n) is 3.08. The standard InChI is InChI=1S/C17H24N6OS/c1-11-12(2)25-17(21-11)22-16-15(19-6-7-20-16)13-5-4-8-23(9-13)10-14(24)18-3/h6-7,13H,4-5,8-10H2,1-3H3,(H,18,24)(H,20,21,22). The number of aromatic nitrogens is 3. The van der Waals surface area contributed by atoms with Crippen molar-refractivity contribution in [1.82, 2.24) is 25.2 Å². The van der Waals surface area contributed by atoms with Gasteiger partial charge in [0.05, 0.1) is 17.9 Å². The molecule has 1 fully saturated rings. The van der Waals surface area contributed by atoms with Gasteiger partial charge in [-0.25, -0.2) is 9.97 Å². The Morgan fingerprint density at radius 1 is 1.36 bits per heavy atom. The zero-order chi connectivity index (χ0) is 17.8. The van der Waals surface area contributed by atoms with Crippen LogP contribution >= 0.6 is 11.3 Å². The molecule has 2 aromatic heterocycles. The van der Waals surface area contributed by atoms with Gasteiger partial charge >= 0.3 is 0 Å². The zero-order valence-corrected chi connectivity index (χ0v) is 15.7. The Bertz CT molecular complexity index is 727. The van der Waals surface area contributed by atoms with Crippen LogP contribution in [0.4, 0.5) is 10.9 Å². The van der Waals surface area contributed by atoms with Gasteiger partial charge in [0.1, 0.15) is 0 Å². The lowest BCUT2D eigenvalue weighted by atomic mass is 9.94. The SMILES string of the molecule is CNC(=O)CN1CCCC(c2nccnc2Nc2nc(C)c(C)s2)C1. The molecule has 1 atom stereocenters. The van der Waals surface area contributed by atoms with Crippen molar-refractivity contribution >= 4 is 28.2 Å². The number of aryl methyl sites for hydroxylation is 2. The Labute approximate surface area is 151 Å². The van der Waals surface area contributed by atoms with Gasteiger partial charge in [-0.2, -0.15) is 0 Å².